The highest BCUT2D eigenvalue weighted by Crippen LogP contribution is 2.25. The van der Waals surface area contributed by atoms with Gasteiger partial charge in [-0.15, -0.1) is 0 Å². The summed E-state index contributed by atoms with van der Waals surface area (Å²) in [5.41, 5.74) is 7.77. The molecule has 2 rings (SSSR count). The second-order valence-corrected chi connectivity index (χ2v) is 4.16. The summed E-state index contributed by atoms with van der Waals surface area (Å²) in [5, 5.41) is 3.95. The van der Waals surface area contributed by atoms with E-state index in [1.807, 2.05) is 32.0 Å². The van der Waals surface area contributed by atoms with E-state index in [2.05, 4.69) is 10.1 Å². The molecule has 1 atom stereocenters. The molecular weight excluding hydrogens is 230 g/mol. The van der Waals surface area contributed by atoms with Crippen molar-refractivity contribution in [3.63, 3.8) is 0 Å². The summed E-state index contributed by atoms with van der Waals surface area (Å²) in [6.07, 6.45) is 0.767. The van der Waals surface area contributed by atoms with Gasteiger partial charge in [0.05, 0.1) is 13.2 Å². The molecule has 0 spiro atoms. The van der Waals surface area contributed by atoms with Gasteiger partial charge in [0.15, 0.2) is 0 Å². The largest absolute Gasteiger partial charge is 0.496 e. The van der Waals surface area contributed by atoms with Crippen molar-refractivity contribution >= 4 is 0 Å². The molecule has 0 radical (unpaired) electrons. The zero-order valence-corrected chi connectivity index (χ0v) is 10.8. The number of nitrogens with zero attached hydrogens (tertiary/aromatic N) is 2. The normalized spacial score (nSPS) is 12.4. The lowest BCUT2D eigenvalue weighted by Crippen LogP contribution is -2.08. The molecule has 1 aromatic heterocycles. The van der Waals surface area contributed by atoms with E-state index in [1.165, 1.54) is 0 Å². The summed E-state index contributed by atoms with van der Waals surface area (Å²) < 4.78 is 10.4. The van der Waals surface area contributed by atoms with Crippen molar-refractivity contribution < 1.29 is 9.26 Å². The highest BCUT2D eigenvalue weighted by molar-refractivity contribution is 5.58. The number of hydrogen-bond donors (Lipinski definition) is 1. The van der Waals surface area contributed by atoms with Crippen molar-refractivity contribution in [3.8, 4) is 17.1 Å². The Balaban J connectivity index is 2.31. The molecule has 1 heterocycles. The number of ether oxygens (including phenoxy) is 1. The van der Waals surface area contributed by atoms with Gasteiger partial charge < -0.3 is 15.0 Å². The lowest BCUT2D eigenvalue weighted by Gasteiger charge is -2.04. The topological polar surface area (TPSA) is 74.2 Å². The smallest absolute Gasteiger partial charge is 0.243 e. The lowest BCUT2D eigenvalue weighted by molar-refractivity contribution is 0.352. The predicted molar refractivity (Wildman–Crippen MR) is 68.2 cm³/mol. The maximum atomic E-state index is 5.84. The third-order valence-electron chi connectivity index (χ3n) is 2.85. The second kappa shape index (κ2) is 5.18. The van der Waals surface area contributed by atoms with Gasteiger partial charge in [-0.1, -0.05) is 12.1 Å². The van der Waals surface area contributed by atoms with Crippen molar-refractivity contribution in [2.45, 2.75) is 26.3 Å². The minimum Gasteiger partial charge on any atom is -0.496 e. The Hall–Kier alpha value is -1.88. The van der Waals surface area contributed by atoms with Crippen molar-refractivity contribution in [2.24, 2.45) is 5.73 Å². The molecule has 0 saturated carbocycles. The first-order chi connectivity index (χ1) is 8.65. The first-order valence-electron chi connectivity index (χ1n) is 5.90. The van der Waals surface area contributed by atoms with Gasteiger partial charge in [-0.3, -0.25) is 0 Å². The van der Waals surface area contributed by atoms with E-state index < -0.39 is 0 Å². The number of aromatic nitrogens is 2. The van der Waals surface area contributed by atoms with Crippen LogP contribution in [0.5, 0.6) is 5.75 Å². The fraction of sp³-hybridized carbons (Fsp3) is 0.385. The van der Waals surface area contributed by atoms with Crippen LogP contribution in [0.15, 0.2) is 22.7 Å². The highest BCUT2D eigenvalue weighted by atomic mass is 16.5. The van der Waals surface area contributed by atoms with Crippen LogP contribution in [0, 0.1) is 6.92 Å². The lowest BCUT2D eigenvalue weighted by atomic mass is 10.1. The van der Waals surface area contributed by atoms with Crippen LogP contribution in [0.4, 0.5) is 0 Å². The maximum Gasteiger partial charge on any atom is 0.243 e. The molecule has 5 heteroatoms. The third kappa shape index (κ3) is 2.36. The maximum absolute atomic E-state index is 5.84. The number of hydrogen-bond acceptors (Lipinski definition) is 5. The van der Waals surface area contributed by atoms with Crippen LogP contribution in [0.2, 0.25) is 0 Å². The number of rotatable bonds is 4. The van der Waals surface area contributed by atoms with Gasteiger partial charge in [0.2, 0.25) is 11.7 Å². The molecule has 0 aliphatic rings. The first-order valence-corrected chi connectivity index (χ1v) is 5.90. The average Bonchev–Trinajstić information content (AvgIpc) is 2.87. The quantitative estimate of drug-likeness (QED) is 0.898. The Morgan fingerprint density at radius 3 is 2.83 bits per heavy atom. The van der Waals surface area contributed by atoms with Gasteiger partial charge in [-0.2, -0.15) is 4.98 Å². The van der Waals surface area contributed by atoms with E-state index in [-0.39, 0.29) is 6.04 Å². The third-order valence-corrected chi connectivity index (χ3v) is 2.85. The van der Waals surface area contributed by atoms with Crippen LogP contribution in [0.25, 0.3) is 11.4 Å². The summed E-state index contributed by atoms with van der Waals surface area (Å²) in [4.78, 5) is 4.30. The fourth-order valence-electron chi connectivity index (χ4n) is 1.70. The summed E-state index contributed by atoms with van der Waals surface area (Å²) in [7, 11) is 1.65. The summed E-state index contributed by atoms with van der Waals surface area (Å²) in [6.45, 7) is 3.95. The van der Waals surface area contributed by atoms with E-state index in [9.17, 15) is 0 Å². The minimum absolute atomic E-state index is 0.203. The summed E-state index contributed by atoms with van der Waals surface area (Å²) >= 11 is 0. The van der Waals surface area contributed by atoms with E-state index in [1.54, 1.807) is 7.11 Å². The molecule has 0 unspecified atom stereocenters. The Morgan fingerprint density at radius 2 is 2.22 bits per heavy atom. The van der Waals surface area contributed by atoms with E-state index in [0.29, 0.717) is 11.7 Å². The standard InChI is InChI=1S/C13H17N3O2/c1-4-10(14)13-15-12(16-18-13)9-5-6-11(17-3)8(2)7-9/h5-7,10H,4,14H2,1-3H3/t10-/m0/s1. The van der Waals surface area contributed by atoms with Crippen molar-refractivity contribution in [1.29, 1.82) is 0 Å². The molecule has 0 aliphatic carbocycles. The molecule has 96 valence electrons. The summed E-state index contributed by atoms with van der Waals surface area (Å²) in [6, 6.07) is 5.55. The Morgan fingerprint density at radius 1 is 1.44 bits per heavy atom. The average molecular weight is 247 g/mol. The molecule has 2 aromatic rings. The van der Waals surface area contributed by atoms with Gasteiger partial charge in [0.1, 0.15) is 5.75 Å². The number of aryl methyl sites for hydroxylation is 1. The minimum atomic E-state index is -0.203. The molecule has 0 amide bonds. The van der Waals surface area contributed by atoms with Crippen LogP contribution in [-0.2, 0) is 0 Å². The number of nitrogens with two attached hydrogens (primary N) is 1. The van der Waals surface area contributed by atoms with E-state index in [4.69, 9.17) is 15.0 Å². The van der Waals surface area contributed by atoms with Crippen molar-refractivity contribution in [3.05, 3.63) is 29.7 Å². The molecule has 0 aliphatic heterocycles. The van der Waals surface area contributed by atoms with Gasteiger partial charge >= 0.3 is 0 Å². The van der Waals surface area contributed by atoms with Crippen LogP contribution >= 0.6 is 0 Å². The van der Waals surface area contributed by atoms with Crippen molar-refractivity contribution in [1.82, 2.24) is 10.1 Å². The van der Waals surface area contributed by atoms with Gasteiger partial charge in [0.25, 0.3) is 0 Å². The second-order valence-electron chi connectivity index (χ2n) is 4.16. The molecular formula is C13H17N3O2. The van der Waals surface area contributed by atoms with E-state index >= 15 is 0 Å². The molecule has 1 aromatic carbocycles. The Kier molecular flexibility index (Phi) is 3.62. The van der Waals surface area contributed by atoms with E-state index in [0.717, 1.165) is 23.3 Å². The molecule has 2 N–H and O–H groups in total. The zero-order chi connectivity index (χ0) is 13.1. The SMILES string of the molecule is CC[C@H](N)c1nc(-c2ccc(OC)c(C)c2)no1. The Labute approximate surface area is 106 Å². The Bertz CT molecular complexity index is 537. The summed E-state index contributed by atoms with van der Waals surface area (Å²) in [5.74, 6) is 1.87. The van der Waals surface area contributed by atoms with Gasteiger partial charge in [-0.05, 0) is 37.1 Å². The monoisotopic (exact) mass is 247 g/mol. The van der Waals surface area contributed by atoms with Gasteiger partial charge in [-0.25, -0.2) is 0 Å². The van der Waals surface area contributed by atoms with Crippen LogP contribution in [-0.4, -0.2) is 17.3 Å². The number of methoxy groups -OCH3 is 1. The van der Waals surface area contributed by atoms with Crippen LogP contribution in [0.3, 0.4) is 0 Å². The fourth-order valence-corrected chi connectivity index (χ4v) is 1.70. The molecule has 18 heavy (non-hydrogen) atoms. The molecule has 0 saturated heterocycles. The van der Waals surface area contributed by atoms with Crippen LogP contribution in [0.1, 0.15) is 30.8 Å². The predicted octanol–water partition coefficient (Wildman–Crippen LogP) is 2.46. The first kappa shape index (κ1) is 12.6. The molecule has 5 nitrogen and oxygen atoms in total. The van der Waals surface area contributed by atoms with Crippen molar-refractivity contribution in [2.75, 3.05) is 7.11 Å². The zero-order valence-electron chi connectivity index (χ0n) is 10.8. The van der Waals surface area contributed by atoms with Crippen LogP contribution < -0.4 is 10.5 Å². The highest BCUT2D eigenvalue weighted by Gasteiger charge is 2.14. The molecule has 0 bridgehead atoms. The number of benzene rings is 1. The molecule has 0 fully saturated rings. The van der Waals surface area contributed by atoms with Gasteiger partial charge in [0, 0.05) is 5.56 Å².